The van der Waals surface area contributed by atoms with E-state index < -0.39 is 52.0 Å². The van der Waals surface area contributed by atoms with Crippen LogP contribution >= 0.6 is 12.2 Å². The van der Waals surface area contributed by atoms with Gasteiger partial charge in [-0.3, -0.25) is 14.5 Å². The van der Waals surface area contributed by atoms with Crippen molar-refractivity contribution < 1.29 is 37.1 Å². The molecule has 3 rings (SSSR count). The predicted octanol–water partition coefficient (Wildman–Crippen LogP) is 3.56. The molecule has 0 bridgehead atoms. The van der Waals surface area contributed by atoms with Gasteiger partial charge in [-0.1, -0.05) is 0 Å². The molecule has 0 saturated carbocycles. The molecule has 0 unspecified atom stereocenters. The SMILES string of the molecule is CC1(C)C(=O)N(c2ccc(C(N)=O)c(C(F)(F)F)c2)C(=S)N1c1ccc(C(=O)O)c(F)c1. The maximum Gasteiger partial charge on any atom is 0.417 e. The standard InChI is InChI=1S/C20H15F4N3O4S/c1-19(2)17(31)26(9-3-5-11(15(25)28)13(7-9)20(22,23)24)18(32)27(19)10-4-6-12(16(29)30)14(21)8-10/h3-8H,1-2H3,(H2,25,28)(H,29,30). The topological polar surface area (TPSA) is 104 Å². The molecule has 0 radical (unpaired) electrons. The zero-order chi connectivity index (χ0) is 24.2. The minimum Gasteiger partial charge on any atom is -0.478 e. The van der Waals surface area contributed by atoms with E-state index in [4.69, 9.17) is 23.1 Å². The summed E-state index contributed by atoms with van der Waals surface area (Å²) in [7, 11) is 0. The molecule has 12 heteroatoms. The molecule has 7 nitrogen and oxygen atoms in total. The highest BCUT2D eigenvalue weighted by molar-refractivity contribution is 7.81. The molecule has 3 N–H and O–H groups in total. The normalized spacial score (nSPS) is 15.9. The van der Waals surface area contributed by atoms with E-state index in [1.165, 1.54) is 24.8 Å². The van der Waals surface area contributed by atoms with Crippen LogP contribution in [-0.2, 0) is 11.0 Å². The number of thiocarbonyl (C=S) groups is 1. The number of primary amides is 1. The first-order chi connectivity index (χ1) is 14.7. The highest BCUT2D eigenvalue weighted by Crippen LogP contribution is 2.40. The number of hydrogen-bond donors (Lipinski definition) is 2. The molecular weight excluding hydrogens is 454 g/mol. The first-order valence-corrected chi connectivity index (χ1v) is 9.31. The Morgan fingerprint density at radius 3 is 2.12 bits per heavy atom. The number of carbonyl (C=O) groups is 3. The van der Waals surface area contributed by atoms with Crippen molar-refractivity contribution in [3.63, 3.8) is 0 Å². The Balaban J connectivity index is 2.12. The third-order valence-corrected chi connectivity index (χ3v) is 5.31. The van der Waals surface area contributed by atoms with Crippen molar-refractivity contribution in [1.29, 1.82) is 0 Å². The molecule has 2 aromatic carbocycles. The molecule has 0 aliphatic carbocycles. The lowest BCUT2D eigenvalue weighted by Crippen LogP contribution is -2.44. The molecule has 1 aliphatic rings. The van der Waals surface area contributed by atoms with Crippen LogP contribution in [0.25, 0.3) is 0 Å². The van der Waals surface area contributed by atoms with Crippen molar-refractivity contribution in [3.8, 4) is 0 Å². The lowest BCUT2D eigenvalue weighted by molar-refractivity contribution is -0.138. The molecule has 32 heavy (non-hydrogen) atoms. The van der Waals surface area contributed by atoms with Crippen molar-refractivity contribution in [2.24, 2.45) is 5.73 Å². The van der Waals surface area contributed by atoms with Crippen LogP contribution in [0.2, 0.25) is 0 Å². The van der Waals surface area contributed by atoms with Gasteiger partial charge in [-0.2, -0.15) is 13.2 Å². The van der Waals surface area contributed by atoms with E-state index in [2.05, 4.69) is 0 Å². The third-order valence-electron chi connectivity index (χ3n) is 4.94. The van der Waals surface area contributed by atoms with Crippen molar-refractivity contribution in [1.82, 2.24) is 0 Å². The van der Waals surface area contributed by atoms with Gasteiger partial charge in [-0.15, -0.1) is 0 Å². The summed E-state index contributed by atoms with van der Waals surface area (Å²) < 4.78 is 54.6. The van der Waals surface area contributed by atoms with E-state index in [-0.39, 0.29) is 16.5 Å². The smallest absolute Gasteiger partial charge is 0.417 e. The average molecular weight is 469 g/mol. The van der Waals surface area contributed by atoms with Gasteiger partial charge in [-0.05, 0) is 62.5 Å². The average Bonchev–Trinajstić information content (AvgIpc) is 2.84. The lowest BCUT2D eigenvalue weighted by Gasteiger charge is -2.29. The molecular formula is C20H15F4N3O4S. The number of aromatic carboxylic acids is 1. The largest absolute Gasteiger partial charge is 0.478 e. The summed E-state index contributed by atoms with van der Waals surface area (Å²) in [6.07, 6.45) is -4.93. The highest BCUT2D eigenvalue weighted by Gasteiger charge is 2.51. The van der Waals surface area contributed by atoms with Crippen molar-refractivity contribution in [3.05, 3.63) is 58.9 Å². The predicted molar refractivity (Wildman–Crippen MR) is 110 cm³/mol. The van der Waals surface area contributed by atoms with Crippen LogP contribution in [0.5, 0.6) is 0 Å². The van der Waals surface area contributed by atoms with Gasteiger partial charge in [0.25, 0.3) is 5.91 Å². The van der Waals surface area contributed by atoms with Gasteiger partial charge in [0.05, 0.1) is 22.4 Å². The number of nitrogens with zero attached hydrogens (tertiary/aromatic N) is 2. The summed E-state index contributed by atoms with van der Waals surface area (Å²) in [4.78, 5) is 37.6. The van der Waals surface area contributed by atoms with Crippen LogP contribution in [0.4, 0.5) is 28.9 Å². The second-order valence-corrected chi connectivity index (χ2v) is 7.74. The first-order valence-electron chi connectivity index (χ1n) is 8.90. The fourth-order valence-corrected chi connectivity index (χ4v) is 3.92. The van der Waals surface area contributed by atoms with E-state index in [1.54, 1.807) is 0 Å². The quantitative estimate of drug-likeness (QED) is 0.524. The molecule has 0 aromatic heterocycles. The van der Waals surface area contributed by atoms with Crippen LogP contribution in [0.15, 0.2) is 36.4 Å². The van der Waals surface area contributed by atoms with Crippen molar-refractivity contribution >= 4 is 46.5 Å². The summed E-state index contributed by atoms with van der Waals surface area (Å²) in [6.45, 7) is 2.85. The summed E-state index contributed by atoms with van der Waals surface area (Å²) in [5.74, 6) is -4.59. The molecule has 2 amide bonds. The van der Waals surface area contributed by atoms with E-state index >= 15 is 0 Å². The van der Waals surface area contributed by atoms with Crippen LogP contribution in [0.3, 0.4) is 0 Å². The maximum atomic E-state index is 14.2. The molecule has 1 aliphatic heterocycles. The maximum absolute atomic E-state index is 14.2. The Kier molecular flexibility index (Phi) is 5.46. The summed E-state index contributed by atoms with van der Waals surface area (Å²) >= 11 is 5.32. The number of amides is 2. The monoisotopic (exact) mass is 469 g/mol. The Bertz CT molecular complexity index is 1180. The van der Waals surface area contributed by atoms with E-state index in [9.17, 15) is 31.9 Å². The minimum atomic E-state index is -4.93. The van der Waals surface area contributed by atoms with Gasteiger partial charge < -0.3 is 15.7 Å². The number of hydrogen-bond acceptors (Lipinski definition) is 4. The highest BCUT2D eigenvalue weighted by atomic mass is 32.1. The fourth-order valence-electron chi connectivity index (χ4n) is 3.39. The Morgan fingerprint density at radius 2 is 1.62 bits per heavy atom. The van der Waals surface area contributed by atoms with Gasteiger partial charge in [0, 0.05) is 5.69 Å². The number of anilines is 2. The van der Waals surface area contributed by atoms with Gasteiger partial charge >= 0.3 is 12.1 Å². The number of rotatable bonds is 4. The van der Waals surface area contributed by atoms with Gasteiger partial charge in [-0.25, -0.2) is 9.18 Å². The summed E-state index contributed by atoms with van der Waals surface area (Å²) in [5.41, 5.74) is 0.622. The molecule has 1 fully saturated rings. The third kappa shape index (κ3) is 3.66. The number of nitrogens with two attached hydrogens (primary N) is 1. The number of carbonyl (C=O) groups excluding carboxylic acids is 2. The molecule has 1 saturated heterocycles. The van der Waals surface area contributed by atoms with Gasteiger partial charge in [0.1, 0.15) is 11.4 Å². The second kappa shape index (κ2) is 7.55. The number of alkyl halides is 3. The van der Waals surface area contributed by atoms with Gasteiger partial charge in [0.15, 0.2) is 5.11 Å². The summed E-state index contributed by atoms with van der Waals surface area (Å²) in [6, 6.07) is 5.60. The van der Waals surface area contributed by atoms with Crippen LogP contribution in [0.1, 0.15) is 40.1 Å². The summed E-state index contributed by atoms with van der Waals surface area (Å²) in [5, 5.41) is 8.73. The molecule has 2 aromatic rings. The zero-order valence-corrected chi connectivity index (χ0v) is 17.3. The molecule has 1 heterocycles. The van der Waals surface area contributed by atoms with Crippen LogP contribution < -0.4 is 15.5 Å². The van der Waals surface area contributed by atoms with Crippen LogP contribution in [-0.4, -0.2) is 33.5 Å². The molecule has 168 valence electrons. The fraction of sp³-hybridized carbons (Fsp3) is 0.200. The first kappa shape index (κ1) is 23.1. The van der Waals surface area contributed by atoms with Crippen molar-refractivity contribution in [2.75, 3.05) is 9.80 Å². The lowest BCUT2D eigenvalue weighted by atomic mass is 10.0. The Morgan fingerprint density at radius 1 is 1.06 bits per heavy atom. The van der Waals surface area contributed by atoms with E-state index in [0.29, 0.717) is 6.07 Å². The van der Waals surface area contributed by atoms with E-state index in [1.807, 2.05) is 0 Å². The number of carboxylic acids is 1. The zero-order valence-electron chi connectivity index (χ0n) is 16.5. The number of benzene rings is 2. The van der Waals surface area contributed by atoms with Crippen LogP contribution in [0, 0.1) is 5.82 Å². The Labute approximate surface area is 184 Å². The van der Waals surface area contributed by atoms with Crippen molar-refractivity contribution in [2.45, 2.75) is 25.6 Å². The number of carboxylic acid groups (broad SMARTS) is 1. The number of halogens is 4. The Hall–Kier alpha value is -3.54. The molecule has 0 atom stereocenters. The van der Waals surface area contributed by atoms with Gasteiger partial charge in [0.2, 0.25) is 5.91 Å². The minimum absolute atomic E-state index is 0.0307. The molecule has 0 spiro atoms. The van der Waals surface area contributed by atoms with E-state index in [0.717, 1.165) is 29.2 Å². The second-order valence-electron chi connectivity index (χ2n) is 7.38.